The van der Waals surface area contributed by atoms with Gasteiger partial charge in [-0.05, 0) is 51.0 Å². The number of Topliss-reactive ketones (excluding diaryl/α,β-unsaturated/α-hetero) is 1. The monoisotopic (exact) mass is 383 g/mol. The third-order valence-electron chi connectivity index (χ3n) is 4.68. The maximum atomic E-state index is 12.8. The van der Waals surface area contributed by atoms with Gasteiger partial charge in [0.15, 0.2) is 6.10 Å². The molecule has 3 rings (SSSR count). The maximum Gasteiger partial charge on any atom is 0.339 e. The topological polar surface area (TPSA) is 98.6 Å². The van der Waals surface area contributed by atoms with E-state index in [0.29, 0.717) is 33.8 Å². The van der Waals surface area contributed by atoms with Gasteiger partial charge in [-0.15, -0.1) is 0 Å². The summed E-state index contributed by atoms with van der Waals surface area (Å²) >= 11 is 0. The number of ether oxygens (including phenoxy) is 2. The van der Waals surface area contributed by atoms with E-state index in [2.05, 4.69) is 4.98 Å². The van der Waals surface area contributed by atoms with Gasteiger partial charge in [-0.2, -0.15) is 0 Å². The normalized spacial score (nSPS) is 12.0. The molecule has 0 saturated carbocycles. The molecule has 1 aromatic carbocycles. The van der Waals surface area contributed by atoms with E-state index in [1.807, 2.05) is 6.92 Å². The van der Waals surface area contributed by atoms with E-state index in [1.54, 1.807) is 39.0 Å². The van der Waals surface area contributed by atoms with Gasteiger partial charge in [-0.3, -0.25) is 4.79 Å². The molecule has 7 heteroatoms. The van der Waals surface area contributed by atoms with Crippen LogP contribution in [0.1, 0.15) is 44.6 Å². The van der Waals surface area contributed by atoms with Crippen molar-refractivity contribution in [1.82, 2.24) is 4.98 Å². The molecule has 0 spiro atoms. The third-order valence-corrected chi connectivity index (χ3v) is 4.68. The molecular formula is C21H21NO6. The van der Waals surface area contributed by atoms with Gasteiger partial charge in [-0.25, -0.2) is 9.59 Å². The van der Waals surface area contributed by atoms with Crippen LogP contribution < -0.4 is 10.4 Å². The number of aryl methyl sites for hydroxylation is 2. The van der Waals surface area contributed by atoms with Gasteiger partial charge in [-0.1, -0.05) is 0 Å². The molecule has 7 nitrogen and oxygen atoms in total. The number of hydrogen-bond donors (Lipinski definition) is 1. The van der Waals surface area contributed by atoms with Crippen molar-refractivity contribution in [2.75, 3.05) is 7.11 Å². The van der Waals surface area contributed by atoms with Crippen LogP contribution in [0.25, 0.3) is 11.0 Å². The zero-order valence-corrected chi connectivity index (χ0v) is 16.3. The molecule has 3 aromatic rings. The zero-order valence-electron chi connectivity index (χ0n) is 16.3. The maximum absolute atomic E-state index is 12.8. The van der Waals surface area contributed by atoms with E-state index in [4.69, 9.17) is 13.9 Å². The highest BCUT2D eigenvalue weighted by molar-refractivity contribution is 6.03. The number of hydrogen-bond acceptors (Lipinski definition) is 6. The summed E-state index contributed by atoms with van der Waals surface area (Å²) in [5.41, 5.74) is 2.47. The van der Waals surface area contributed by atoms with E-state index in [1.165, 1.54) is 13.2 Å². The summed E-state index contributed by atoms with van der Waals surface area (Å²) in [6.07, 6.45) is -0.823. The Morgan fingerprint density at radius 1 is 1.14 bits per heavy atom. The minimum absolute atomic E-state index is 0.300. The lowest BCUT2D eigenvalue weighted by Gasteiger charge is -2.14. The second kappa shape index (κ2) is 7.34. The molecule has 0 fully saturated rings. The summed E-state index contributed by atoms with van der Waals surface area (Å²) in [6.45, 7) is 6.83. The molecule has 0 radical (unpaired) electrons. The van der Waals surface area contributed by atoms with Crippen molar-refractivity contribution in [3.8, 4) is 5.75 Å². The fourth-order valence-electron chi connectivity index (χ4n) is 3.24. The molecule has 0 amide bonds. The minimum Gasteiger partial charge on any atom is -0.482 e. The van der Waals surface area contributed by atoms with Gasteiger partial charge >= 0.3 is 11.6 Å². The highest BCUT2D eigenvalue weighted by Crippen LogP contribution is 2.25. The van der Waals surface area contributed by atoms with Gasteiger partial charge in [0.2, 0.25) is 5.78 Å². The Labute approximate surface area is 161 Å². The van der Waals surface area contributed by atoms with Gasteiger partial charge < -0.3 is 18.9 Å². The van der Waals surface area contributed by atoms with Crippen molar-refractivity contribution in [3.63, 3.8) is 0 Å². The second-order valence-corrected chi connectivity index (χ2v) is 6.65. The van der Waals surface area contributed by atoms with Gasteiger partial charge in [0, 0.05) is 23.2 Å². The van der Waals surface area contributed by atoms with Crippen molar-refractivity contribution in [2.24, 2.45) is 0 Å². The smallest absolute Gasteiger partial charge is 0.339 e. The first-order valence-corrected chi connectivity index (χ1v) is 8.75. The molecular weight excluding hydrogens is 362 g/mol. The van der Waals surface area contributed by atoms with Crippen LogP contribution in [-0.4, -0.2) is 30.0 Å². The average molecular weight is 383 g/mol. The Kier molecular flexibility index (Phi) is 5.09. The number of ketones is 1. The molecule has 146 valence electrons. The van der Waals surface area contributed by atoms with Crippen molar-refractivity contribution in [2.45, 2.75) is 33.8 Å². The molecule has 0 unspecified atom stereocenters. The van der Waals surface area contributed by atoms with Crippen molar-refractivity contribution in [3.05, 3.63) is 62.8 Å². The van der Waals surface area contributed by atoms with Gasteiger partial charge in [0.05, 0.1) is 18.4 Å². The average Bonchev–Trinajstić information content (AvgIpc) is 2.94. The van der Waals surface area contributed by atoms with Gasteiger partial charge in [0.1, 0.15) is 11.3 Å². The summed E-state index contributed by atoms with van der Waals surface area (Å²) < 4.78 is 15.7. The first-order chi connectivity index (χ1) is 13.2. The lowest BCUT2D eigenvalue weighted by Crippen LogP contribution is -2.25. The SMILES string of the molecule is COC(=O)c1c(C)[nH]c(C(=O)[C@@H](C)Oc2ccc3c(C)cc(=O)oc3c2)c1C. The quantitative estimate of drug-likeness (QED) is 0.411. The number of nitrogens with one attached hydrogen (secondary N) is 1. The number of fused-ring (bicyclic) bond motifs is 1. The number of rotatable bonds is 5. The minimum atomic E-state index is -0.823. The molecule has 0 saturated heterocycles. The van der Waals surface area contributed by atoms with Crippen LogP contribution >= 0.6 is 0 Å². The Balaban J connectivity index is 1.88. The lowest BCUT2D eigenvalue weighted by atomic mass is 10.1. The standard InChI is InChI=1S/C21H21NO6/c1-10-8-17(23)28-16-9-14(6-7-15(10)16)27-13(4)20(24)19-11(2)18(12(3)22-19)21(25)26-5/h6-9,13,22H,1-5H3/t13-/m1/s1. The Morgan fingerprint density at radius 2 is 1.86 bits per heavy atom. The number of carbonyl (C=O) groups is 2. The number of esters is 1. The third kappa shape index (κ3) is 3.43. The van der Waals surface area contributed by atoms with Crippen LogP contribution in [0, 0.1) is 20.8 Å². The number of benzene rings is 1. The van der Waals surface area contributed by atoms with E-state index < -0.39 is 17.7 Å². The number of aromatic amines is 1. The van der Waals surface area contributed by atoms with E-state index in [9.17, 15) is 14.4 Å². The molecule has 2 heterocycles. The van der Waals surface area contributed by atoms with Gasteiger partial charge in [0.25, 0.3) is 0 Å². The van der Waals surface area contributed by atoms with E-state index in [-0.39, 0.29) is 5.78 Å². The lowest BCUT2D eigenvalue weighted by molar-refractivity contribution is 0.0599. The van der Waals surface area contributed by atoms with Crippen molar-refractivity contribution < 1.29 is 23.5 Å². The highest BCUT2D eigenvalue weighted by Gasteiger charge is 2.26. The number of carbonyl (C=O) groups excluding carboxylic acids is 2. The number of H-pyrrole nitrogens is 1. The largest absolute Gasteiger partial charge is 0.482 e. The number of methoxy groups -OCH3 is 1. The van der Waals surface area contributed by atoms with Crippen molar-refractivity contribution >= 4 is 22.7 Å². The molecule has 0 bridgehead atoms. The fourth-order valence-corrected chi connectivity index (χ4v) is 3.24. The predicted octanol–water partition coefficient (Wildman–Crippen LogP) is 3.48. The van der Waals surface area contributed by atoms with E-state index in [0.717, 1.165) is 10.9 Å². The molecule has 0 aliphatic carbocycles. The van der Waals surface area contributed by atoms with Crippen LogP contribution in [0.3, 0.4) is 0 Å². The highest BCUT2D eigenvalue weighted by atomic mass is 16.5. The fraction of sp³-hybridized carbons (Fsp3) is 0.286. The summed E-state index contributed by atoms with van der Waals surface area (Å²) in [5, 5.41) is 0.796. The molecule has 0 aliphatic rings. The molecule has 1 atom stereocenters. The molecule has 0 aliphatic heterocycles. The molecule has 1 N–H and O–H groups in total. The Morgan fingerprint density at radius 3 is 2.54 bits per heavy atom. The van der Waals surface area contributed by atoms with Crippen LogP contribution in [-0.2, 0) is 4.74 Å². The Hall–Kier alpha value is -3.35. The number of aromatic nitrogens is 1. The summed E-state index contributed by atoms with van der Waals surface area (Å²) in [4.78, 5) is 39.3. The summed E-state index contributed by atoms with van der Waals surface area (Å²) in [6, 6.07) is 6.50. The van der Waals surface area contributed by atoms with E-state index >= 15 is 0 Å². The first-order valence-electron chi connectivity index (χ1n) is 8.75. The summed E-state index contributed by atoms with van der Waals surface area (Å²) in [7, 11) is 1.29. The predicted molar refractivity (Wildman–Crippen MR) is 103 cm³/mol. The van der Waals surface area contributed by atoms with Crippen LogP contribution in [0.5, 0.6) is 5.75 Å². The second-order valence-electron chi connectivity index (χ2n) is 6.65. The first kappa shape index (κ1) is 19.4. The van der Waals surface area contributed by atoms with Crippen LogP contribution in [0.4, 0.5) is 0 Å². The molecule has 2 aromatic heterocycles. The zero-order chi connectivity index (χ0) is 20.6. The van der Waals surface area contributed by atoms with Crippen molar-refractivity contribution in [1.29, 1.82) is 0 Å². The Bertz CT molecular complexity index is 1140. The van der Waals surface area contributed by atoms with Crippen LogP contribution in [0.2, 0.25) is 0 Å². The molecule has 28 heavy (non-hydrogen) atoms. The summed E-state index contributed by atoms with van der Waals surface area (Å²) in [5.74, 6) is -0.406. The van der Waals surface area contributed by atoms with Crippen LogP contribution in [0.15, 0.2) is 33.5 Å².